The molecule has 7 heterocycles. The van der Waals surface area contributed by atoms with E-state index >= 15 is 0 Å². The number of carbonyl (C=O) groups is 10. The van der Waals surface area contributed by atoms with E-state index in [1.165, 1.54) is 6.92 Å². The van der Waals surface area contributed by atoms with Crippen LogP contribution in [-0.4, -0.2) is 274 Å². The lowest BCUT2D eigenvalue weighted by molar-refractivity contribution is -0.284. The van der Waals surface area contributed by atoms with Crippen LogP contribution in [0.5, 0.6) is 121 Å². The molecule has 7 aliphatic heterocycles. The van der Waals surface area contributed by atoms with Crippen molar-refractivity contribution in [3.05, 3.63) is 98.1 Å². The lowest BCUT2D eigenvalue weighted by Gasteiger charge is -2.43. The van der Waals surface area contributed by atoms with Gasteiger partial charge < -0.3 is 175 Å². The van der Waals surface area contributed by atoms with Gasteiger partial charge in [0.05, 0.1) is 57.0 Å². The van der Waals surface area contributed by atoms with Crippen molar-refractivity contribution in [3.63, 3.8) is 0 Å². The molecule has 0 aromatic heterocycles. The topological polar surface area (TPSA) is 769 Å². The number of phenolic OH excluding ortho intramolecular Hbond substituents is 21. The molecule has 12 atom stereocenters. The first-order valence-electron chi connectivity index (χ1n) is 32.5. The summed E-state index contributed by atoms with van der Waals surface area (Å²) < 4.78 is 53.4. The summed E-state index contributed by atoms with van der Waals surface area (Å²) in [7, 11) is 0. The summed E-state index contributed by atoms with van der Waals surface area (Å²) in [6, 6.07) is 3.23. The van der Waals surface area contributed by atoms with Gasteiger partial charge in [-0.3, -0.25) is 4.79 Å². The molecule has 602 valence electrons. The SMILES string of the molecule is CCOC(=O)C1(O)C(=O)C2=C3C(=O)OC(C2O)C(C2OC(=O)c4cc(O)c(O)c(O)c4-c4c(cc(O)c(O)c4O)C(=O)OCC2O)OC(=O)c2cc(O)c(O)c(O)c2C31.O=C1OCC2OC(O)C3OC(=O)c4cc(O)c(O)c(O)c4-c4c(cc(O)c(O)c4O)C(=O)OC3C2OC(=O)c2cc(O)c(O)c(O)c2-c2c1cc(O)c(O)c2O. The molecule has 7 aromatic carbocycles. The number of Topliss-reactive ketones (excluding diaryl/α,β-unsaturated/α-hetero) is 1. The molecule has 12 unspecified atom stereocenters. The molecular formula is C70H52O45. The fourth-order valence-corrected chi connectivity index (χ4v) is 13.9. The zero-order chi connectivity index (χ0) is 84.1. The molecule has 4 bridgehead atoms. The second kappa shape index (κ2) is 27.7. The summed E-state index contributed by atoms with van der Waals surface area (Å²) in [5.74, 6) is -47.1. The highest BCUT2D eigenvalue weighted by molar-refractivity contribution is 6.25. The molecule has 15 rings (SSSR count). The third-order valence-electron chi connectivity index (χ3n) is 19.3. The van der Waals surface area contributed by atoms with Crippen molar-refractivity contribution in [2.45, 2.75) is 79.7 Å². The molecule has 8 aliphatic rings. The molecule has 1 saturated heterocycles. The Labute approximate surface area is 632 Å². The number of phenols is 21. The standard InChI is InChI=1S/C36H28O23.C34H24O22/c1-2-55-35(53)36(54)19-16-9(5-12(39)22(43)25(16)46)33(51)59-29(28-26(47)18(30(36)48)17(19)34(52)58-28)27-13(40)6-56-31(49)7-3-10(37)20(41)23(44)14(7)15-8(32(50)57-27)4-11(38)21(42)24(15)45;35-10-1-6-15(23(43)19(10)39)16-7(2-11(36)20(40)24(16)44)31(48)54-27-14(5-52-30(6)47)53-34(51)29-28(27)55-32(49)8-3-12(37)21(41)25(45)17(8)18-9(33(50)56-29)4-13(38)22(42)26(18)46/h3-5,13,19,26-29,37-47,54H,2,6H2,1H3;1-4,14,27-29,34-46,51H,5H2. The van der Waals surface area contributed by atoms with Crippen molar-refractivity contribution in [2.24, 2.45) is 0 Å². The van der Waals surface area contributed by atoms with Gasteiger partial charge in [-0.25, -0.2) is 43.2 Å². The molecule has 0 amide bonds. The van der Waals surface area contributed by atoms with Crippen LogP contribution < -0.4 is 0 Å². The number of benzene rings is 7. The number of hydrogen-bond acceptors (Lipinski definition) is 45. The van der Waals surface area contributed by atoms with Crippen LogP contribution in [0.2, 0.25) is 0 Å². The summed E-state index contributed by atoms with van der Waals surface area (Å²) in [6.45, 7) is -1.69. The van der Waals surface area contributed by atoms with E-state index in [1.54, 1.807) is 0 Å². The largest absolute Gasteiger partial charge is 0.504 e. The van der Waals surface area contributed by atoms with E-state index in [9.17, 15) is 176 Å². The normalized spacial score (nSPS) is 24.1. The first-order valence-corrected chi connectivity index (χ1v) is 32.5. The van der Waals surface area contributed by atoms with Gasteiger partial charge in [0, 0.05) is 44.5 Å². The van der Waals surface area contributed by atoms with Gasteiger partial charge in [0.25, 0.3) is 0 Å². The number of rotatable bonds is 3. The van der Waals surface area contributed by atoms with Gasteiger partial charge in [-0.1, -0.05) is 0 Å². The minimum Gasteiger partial charge on any atom is -0.504 e. The van der Waals surface area contributed by atoms with Crippen molar-refractivity contribution in [3.8, 4) is 154 Å². The maximum absolute atomic E-state index is 14.1. The van der Waals surface area contributed by atoms with Crippen LogP contribution in [0.25, 0.3) is 33.4 Å². The van der Waals surface area contributed by atoms with Crippen LogP contribution in [0.3, 0.4) is 0 Å². The van der Waals surface area contributed by atoms with Crippen LogP contribution in [0.15, 0.2) is 53.6 Å². The number of hydrogen-bond donors (Lipinski definition) is 25. The fourth-order valence-electron chi connectivity index (χ4n) is 13.9. The number of aliphatic hydroxyl groups excluding tert-OH is 3. The number of esters is 9. The average molecular weight is 1610 g/mol. The van der Waals surface area contributed by atoms with Gasteiger partial charge in [-0.05, 0) is 49.4 Å². The van der Waals surface area contributed by atoms with Crippen molar-refractivity contribution < 1.29 is 223 Å². The molecule has 45 heteroatoms. The molecule has 45 nitrogen and oxygen atoms in total. The number of ketones is 1. The highest BCUT2D eigenvalue weighted by Crippen LogP contribution is 2.60. The second-order valence-corrected chi connectivity index (χ2v) is 25.7. The Morgan fingerprint density at radius 1 is 0.357 bits per heavy atom. The van der Waals surface area contributed by atoms with Gasteiger partial charge in [0.15, 0.2) is 123 Å². The Bertz CT molecular complexity index is 5600. The smallest absolute Gasteiger partial charge is 0.347 e. The molecule has 115 heavy (non-hydrogen) atoms. The van der Waals surface area contributed by atoms with Crippen molar-refractivity contribution in [2.75, 3.05) is 19.8 Å². The summed E-state index contributed by atoms with van der Waals surface area (Å²) in [5.41, 5.74) is -20.0. The predicted molar refractivity (Wildman–Crippen MR) is 353 cm³/mol. The maximum atomic E-state index is 14.1. The number of ether oxygens (including phenoxy) is 10. The summed E-state index contributed by atoms with van der Waals surface area (Å²) in [5, 5.41) is 267. The highest BCUT2D eigenvalue weighted by Gasteiger charge is 2.69. The average Bonchev–Trinajstić information content (AvgIpc) is 1.54. The number of fused-ring (bicyclic) bond motifs is 15. The van der Waals surface area contributed by atoms with Crippen LogP contribution in [0.4, 0.5) is 0 Å². The number of cyclic esters (lactones) is 3. The number of aliphatic hydroxyl groups is 4. The number of carbonyl (C=O) groups excluding carboxylic acids is 10. The van der Waals surface area contributed by atoms with Gasteiger partial charge in [-0.2, -0.15) is 0 Å². The Balaban J connectivity index is 0.000000201. The van der Waals surface area contributed by atoms with E-state index in [0.29, 0.717) is 42.5 Å². The first kappa shape index (κ1) is 77.9. The minimum absolute atomic E-state index is 0.389. The molecule has 0 radical (unpaired) electrons. The van der Waals surface area contributed by atoms with Gasteiger partial charge in [-0.15, -0.1) is 0 Å². The fraction of sp³-hybridized carbons (Fsp3) is 0.229. The van der Waals surface area contributed by atoms with Gasteiger partial charge in [0.2, 0.25) is 51.6 Å². The van der Waals surface area contributed by atoms with Crippen LogP contribution in [-0.2, 0) is 61.8 Å². The summed E-state index contributed by atoms with van der Waals surface area (Å²) in [6.07, 6.45) is -23.9. The summed E-state index contributed by atoms with van der Waals surface area (Å²) >= 11 is 0. The van der Waals surface area contributed by atoms with Gasteiger partial charge in [0.1, 0.15) is 31.5 Å². The van der Waals surface area contributed by atoms with E-state index in [2.05, 4.69) is 0 Å². The zero-order valence-corrected chi connectivity index (χ0v) is 56.9. The van der Waals surface area contributed by atoms with E-state index < -0.39 is 362 Å². The molecule has 0 saturated carbocycles. The Hall–Kier alpha value is -15.2. The van der Waals surface area contributed by atoms with Crippen molar-refractivity contribution in [1.29, 1.82) is 0 Å². The Kier molecular flexibility index (Phi) is 18.7. The van der Waals surface area contributed by atoms with E-state index in [4.69, 9.17) is 47.4 Å². The molecule has 0 spiro atoms. The number of aromatic hydroxyl groups is 21. The quantitative estimate of drug-likeness (QED) is 0.0446. The minimum atomic E-state index is -3.61. The highest BCUT2D eigenvalue weighted by atomic mass is 16.7. The molecule has 1 aliphatic carbocycles. The molecule has 1 fully saturated rings. The lowest BCUT2D eigenvalue weighted by atomic mass is 9.77. The molecule has 25 N–H and O–H groups in total. The zero-order valence-electron chi connectivity index (χ0n) is 56.9. The monoisotopic (exact) mass is 1610 g/mol. The van der Waals surface area contributed by atoms with Crippen molar-refractivity contribution >= 4 is 59.5 Å². The van der Waals surface area contributed by atoms with Crippen LogP contribution in [0, 0.1) is 0 Å². The Morgan fingerprint density at radius 3 is 1.03 bits per heavy atom. The summed E-state index contributed by atoms with van der Waals surface area (Å²) in [4.78, 5) is 138. The third kappa shape index (κ3) is 11.8. The first-order chi connectivity index (χ1) is 54.0. The maximum Gasteiger partial charge on any atom is 0.347 e. The Morgan fingerprint density at radius 2 is 0.652 bits per heavy atom. The third-order valence-corrected chi connectivity index (χ3v) is 19.3. The van der Waals surface area contributed by atoms with Crippen LogP contribution in [0.1, 0.15) is 90.9 Å². The van der Waals surface area contributed by atoms with E-state index in [0.717, 1.165) is 0 Å². The van der Waals surface area contributed by atoms with Crippen LogP contribution >= 0.6 is 0 Å². The van der Waals surface area contributed by atoms with Gasteiger partial charge >= 0.3 is 53.7 Å². The predicted octanol–water partition coefficient (Wildman–Crippen LogP) is -0.791. The van der Waals surface area contributed by atoms with Crippen molar-refractivity contribution in [1.82, 2.24) is 0 Å². The molecule has 7 aromatic rings. The van der Waals surface area contributed by atoms with E-state index in [1.807, 2.05) is 0 Å². The lowest BCUT2D eigenvalue weighted by Crippen LogP contribution is -2.62. The van der Waals surface area contributed by atoms with E-state index in [-0.39, 0.29) is 0 Å². The second-order valence-electron chi connectivity index (χ2n) is 25.7. The molecular weight excluding hydrogens is 1560 g/mol.